The highest BCUT2D eigenvalue weighted by Crippen LogP contribution is 2.28. The van der Waals surface area contributed by atoms with E-state index in [-0.39, 0.29) is 0 Å². The molecule has 1 aromatic heterocycles. The number of benzene rings is 1. The van der Waals surface area contributed by atoms with Crippen molar-refractivity contribution >= 4 is 23.1 Å². The lowest BCUT2D eigenvalue weighted by molar-refractivity contribution is 0.494. The van der Waals surface area contributed by atoms with E-state index < -0.39 is 0 Å². The molecule has 108 valence electrons. The zero-order chi connectivity index (χ0) is 14.7. The SMILES string of the molecule is CSc1ccc(C(C)NC(C)c2cc(C)sc2C)cc1. The molecule has 0 amide bonds. The molecular formula is C17H23NS2. The Morgan fingerprint density at radius 1 is 1.05 bits per heavy atom. The number of nitrogens with one attached hydrogen (secondary N) is 1. The van der Waals surface area contributed by atoms with Gasteiger partial charge in [0, 0.05) is 26.7 Å². The second kappa shape index (κ2) is 6.79. The quantitative estimate of drug-likeness (QED) is 0.732. The Hall–Kier alpha value is -0.770. The minimum atomic E-state index is 0.362. The second-order valence-electron chi connectivity index (χ2n) is 5.25. The standard InChI is InChI=1S/C17H23NS2/c1-11-10-17(14(4)20-11)13(3)18-12(2)15-6-8-16(19-5)9-7-15/h6-10,12-13,18H,1-5H3. The lowest BCUT2D eigenvalue weighted by atomic mass is 10.0. The molecule has 1 aromatic carbocycles. The summed E-state index contributed by atoms with van der Waals surface area (Å²) in [7, 11) is 0. The van der Waals surface area contributed by atoms with Crippen molar-refractivity contribution in [2.75, 3.05) is 6.26 Å². The highest BCUT2D eigenvalue weighted by molar-refractivity contribution is 7.98. The van der Waals surface area contributed by atoms with Crippen molar-refractivity contribution in [2.45, 2.75) is 44.7 Å². The Balaban J connectivity index is 2.06. The minimum absolute atomic E-state index is 0.362. The van der Waals surface area contributed by atoms with E-state index in [9.17, 15) is 0 Å². The van der Waals surface area contributed by atoms with Crippen molar-refractivity contribution in [3.05, 3.63) is 51.2 Å². The molecule has 2 unspecified atom stereocenters. The van der Waals surface area contributed by atoms with E-state index in [1.54, 1.807) is 11.8 Å². The first-order valence-corrected chi connectivity index (χ1v) is 9.02. The Bertz CT molecular complexity index is 557. The number of thioether (sulfide) groups is 1. The second-order valence-corrected chi connectivity index (χ2v) is 7.59. The number of thiophene rings is 1. The molecule has 0 radical (unpaired) electrons. The first-order valence-electron chi connectivity index (χ1n) is 6.98. The van der Waals surface area contributed by atoms with Crippen LogP contribution in [-0.2, 0) is 0 Å². The molecule has 0 spiro atoms. The van der Waals surface area contributed by atoms with Gasteiger partial charge in [0.25, 0.3) is 0 Å². The zero-order valence-electron chi connectivity index (χ0n) is 12.9. The number of hydrogen-bond acceptors (Lipinski definition) is 3. The van der Waals surface area contributed by atoms with E-state index in [1.165, 1.54) is 25.8 Å². The summed E-state index contributed by atoms with van der Waals surface area (Å²) >= 11 is 3.67. The Kier molecular flexibility index (Phi) is 5.30. The van der Waals surface area contributed by atoms with Crippen molar-refractivity contribution in [3.63, 3.8) is 0 Å². The van der Waals surface area contributed by atoms with Crippen LogP contribution in [0.1, 0.15) is 46.8 Å². The topological polar surface area (TPSA) is 12.0 Å². The average Bonchev–Trinajstić information content (AvgIpc) is 2.78. The van der Waals surface area contributed by atoms with Gasteiger partial charge in [-0.3, -0.25) is 0 Å². The molecule has 1 nitrogen and oxygen atoms in total. The number of hydrogen-bond donors (Lipinski definition) is 1. The summed E-state index contributed by atoms with van der Waals surface area (Å²) in [5, 5.41) is 3.70. The van der Waals surface area contributed by atoms with Crippen LogP contribution in [0.25, 0.3) is 0 Å². The zero-order valence-corrected chi connectivity index (χ0v) is 14.5. The van der Waals surface area contributed by atoms with Gasteiger partial charge in [0.05, 0.1) is 0 Å². The number of rotatable bonds is 5. The molecule has 1 heterocycles. The average molecular weight is 306 g/mol. The first-order chi connectivity index (χ1) is 9.51. The summed E-state index contributed by atoms with van der Waals surface area (Å²) in [5.41, 5.74) is 2.78. The molecule has 3 heteroatoms. The van der Waals surface area contributed by atoms with Crippen LogP contribution in [0.15, 0.2) is 35.2 Å². The van der Waals surface area contributed by atoms with E-state index in [4.69, 9.17) is 0 Å². The fraction of sp³-hybridized carbons (Fsp3) is 0.412. The number of aryl methyl sites for hydroxylation is 2. The maximum Gasteiger partial charge on any atom is 0.0308 e. The Morgan fingerprint density at radius 2 is 1.70 bits per heavy atom. The van der Waals surface area contributed by atoms with Crippen molar-refractivity contribution in [1.29, 1.82) is 0 Å². The third-order valence-corrected chi connectivity index (χ3v) is 5.39. The van der Waals surface area contributed by atoms with Gasteiger partial charge < -0.3 is 5.32 Å². The summed E-state index contributed by atoms with van der Waals surface area (Å²) in [6.07, 6.45) is 2.11. The van der Waals surface area contributed by atoms with Gasteiger partial charge in [0.1, 0.15) is 0 Å². The molecular weight excluding hydrogens is 282 g/mol. The van der Waals surface area contributed by atoms with Gasteiger partial charge in [-0.2, -0.15) is 0 Å². The first kappa shape index (κ1) is 15.6. The summed E-state index contributed by atoms with van der Waals surface area (Å²) in [6.45, 7) is 8.88. The van der Waals surface area contributed by atoms with E-state index in [1.807, 2.05) is 11.3 Å². The van der Waals surface area contributed by atoms with Crippen molar-refractivity contribution in [1.82, 2.24) is 5.32 Å². The van der Waals surface area contributed by atoms with Gasteiger partial charge in [-0.1, -0.05) is 12.1 Å². The fourth-order valence-corrected chi connectivity index (χ4v) is 3.96. The third-order valence-electron chi connectivity index (χ3n) is 3.66. The lowest BCUT2D eigenvalue weighted by Gasteiger charge is -2.21. The highest BCUT2D eigenvalue weighted by Gasteiger charge is 2.14. The molecule has 0 saturated carbocycles. The summed E-state index contributed by atoms with van der Waals surface area (Å²) in [6, 6.07) is 11.9. The van der Waals surface area contributed by atoms with Crippen LogP contribution in [0.3, 0.4) is 0 Å². The largest absolute Gasteiger partial charge is 0.304 e. The van der Waals surface area contributed by atoms with Crippen LogP contribution in [-0.4, -0.2) is 6.26 Å². The molecule has 0 bridgehead atoms. The summed E-state index contributed by atoms with van der Waals surface area (Å²) in [4.78, 5) is 4.13. The molecule has 2 atom stereocenters. The van der Waals surface area contributed by atoms with Crippen LogP contribution in [0.2, 0.25) is 0 Å². The molecule has 1 N–H and O–H groups in total. The predicted molar refractivity (Wildman–Crippen MR) is 92.0 cm³/mol. The molecule has 20 heavy (non-hydrogen) atoms. The molecule has 0 aliphatic heterocycles. The van der Waals surface area contributed by atoms with Crippen molar-refractivity contribution < 1.29 is 0 Å². The van der Waals surface area contributed by atoms with Gasteiger partial charge in [0.15, 0.2) is 0 Å². The fourth-order valence-electron chi connectivity index (χ4n) is 2.53. The molecule has 0 aliphatic carbocycles. The van der Waals surface area contributed by atoms with Crippen molar-refractivity contribution in [3.8, 4) is 0 Å². The van der Waals surface area contributed by atoms with Gasteiger partial charge >= 0.3 is 0 Å². The maximum absolute atomic E-state index is 3.70. The smallest absolute Gasteiger partial charge is 0.0308 e. The highest BCUT2D eigenvalue weighted by atomic mass is 32.2. The van der Waals surface area contributed by atoms with Gasteiger partial charge in [-0.15, -0.1) is 23.1 Å². The van der Waals surface area contributed by atoms with Gasteiger partial charge in [0.2, 0.25) is 0 Å². The van der Waals surface area contributed by atoms with Crippen LogP contribution in [0, 0.1) is 13.8 Å². The van der Waals surface area contributed by atoms with Gasteiger partial charge in [-0.05, 0) is 63.3 Å². The van der Waals surface area contributed by atoms with Crippen LogP contribution in [0.5, 0.6) is 0 Å². The van der Waals surface area contributed by atoms with Crippen LogP contribution >= 0.6 is 23.1 Å². The molecule has 2 aromatic rings. The van der Waals surface area contributed by atoms with Crippen LogP contribution in [0.4, 0.5) is 0 Å². The normalized spacial score (nSPS) is 14.2. The van der Waals surface area contributed by atoms with E-state index in [0.717, 1.165) is 0 Å². The summed E-state index contributed by atoms with van der Waals surface area (Å²) < 4.78 is 0. The lowest BCUT2D eigenvalue weighted by Crippen LogP contribution is -2.22. The Labute approximate surface area is 130 Å². The minimum Gasteiger partial charge on any atom is -0.304 e. The van der Waals surface area contributed by atoms with Gasteiger partial charge in [-0.25, -0.2) is 0 Å². The molecule has 0 fully saturated rings. The predicted octanol–water partition coefficient (Wildman–Crippen LogP) is 5.50. The van der Waals surface area contributed by atoms with E-state index in [2.05, 4.69) is 69.6 Å². The Morgan fingerprint density at radius 3 is 2.20 bits per heavy atom. The van der Waals surface area contributed by atoms with Crippen LogP contribution < -0.4 is 5.32 Å². The third kappa shape index (κ3) is 3.66. The molecule has 0 aliphatic rings. The van der Waals surface area contributed by atoms with E-state index in [0.29, 0.717) is 12.1 Å². The maximum atomic E-state index is 3.70. The van der Waals surface area contributed by atoms with Crippen molar-refractivity contribution in [2.24, 2.45) is 0 Å². The molecule has 2 rings (SSSR count). The molecule has 0 saturated heterocycles. The summed E-state index contributed by atoms with van der Waals surface area (Å²) in [5.74, 6) is 0. The van der Waals surface area contributed by atoms with E-state index >= 15 is 0 Å². The monoisotopic (exact) mass is 305 g/mol.